The fourth-order valence-electron chi connectivity index (χ4n) is 1.36. The molecule has 0 aliphatic carbocycles. The summed E-state index contributed by atoms with van der Waals surface area (Å²) in [5.41, 5.74) is 1.77. The third kappa shape index (κ3) is 1.70. The van der Waals surface area contributed by atoms with Gasteiger partial charge in [0.2, 0.25) is 0 Å². The summed E-state index contributed by atoms with van der Waals surface area (Å²) in [6.45, 7) is 4.29. The number of hydrogen-bond acceptors (Lipinski definition) is 3. The summed E-state index contributed by atoms with van der Waals surface area (Å²) in [6, 6.07) is 1.93. The van der Waals surface area contributed by atoms with Crippen LogP contribution in [0.25, 0.3) is 5.65 Å². The molecule has 0 aromatic carbocycles. The third-order valence-corrected chi connectivity index (χ3v) is 2.25. The molecule has 0 amide bonds. The van der Waals surface area contributed by atoms with E-state index in [2.05, 4.69) is 29.0 Å². The lowest BCUT2D eigenvalue weighted by molar-refractivity contribution is 0.641. The van der Waals surface area contributed by atoms with Gasteiger partial charge in [0.25, 0.3) is 0 Å². The first-order valence-corrected chi connectivity index (χ1v) is 4.90. The monoisotopic (exact) mass is 210 g/mol. The van der Waals surface area contributed by atoms with Gasteiger partial charge in [-0.15, -0.1) is 14.8 Å². The summed E-state index contributed by atoms with van der Waals surface area (Å²) in [4.78, 5) is 4.06. The number of fused-ring (bicyclic) bond motifs is 1. The Morgan fingerprint density at radius 2 is 2.29 bits per heavy atom. The van der Waals surface area contributed by atoms with Crippen molar-refractivity contribution in [2.45, 2.75) is 20.3 Å². The Morgan fingerprint density at radius 3 is 3.00 bits per heavy atom. The van der Waals surface area contributed by atoms with Crippen LogP contribution in [0.15, 0.2) is 12.4 Å². The van der Waals surface area contributed by atoms with Gasteiger partial charge in [0.05, 0.1) is 0 Å². The minimum absolute atomic E-state index is 0.511. The smallest absolute Gasteiger partial charge is 0.176 e. The Kier molecular flexibility index (Phi) is 2.37. The normalized spacial score (nSPS) is 11.4. The molecular formula is C9H11ClN4. The van der Waals surface area contributed by atoms with Crippen molar-refractivity contribution in [3.8, 4) is 0 Å². The molecule has 0 aliphatic heterocycles. The fraction of sp³-hybridized carbons (Fsp3) is 0.444. The van der Waals surface area contributed by atoms with Crippen LogP contribution < -0.4 is 0 Å². The van der Waals surface area contributed by atoms with E-state index in [1.165, 1.54) is 11.0 Å². The van der Waals surface area contributed by atoms with Crippen LogP contribution in [0.4, 0.5) is 0 Å². The quantitative estimate of drug-likeness (QED) is 0.761. The van der Waals surface area contributed by atoms with Crippen LogP contribution in [-0.4, -0.2) is 19.8 Å². The highest BCUT2D eigenvalue weighted by atomic mass is 35.5. The first-order valence-electron chi connectivity index (χ1n) is 4.52. The second-order valence-corrected chi connectivity index (χ2v) is 4.02. The molecule has 0 N–H and O–H groups in total. The molecule has 0 aliphatic rings. The molecule has 0 saturated heterocycles. The van der Waals surface area contributed by atoms with Crippen LogP contribution in [0, 0.1) is 5.92 Å². The standard InChI is InChI=1S/C9H11ClN4/c1-6(2)3-7-4-8-11-5-12-14(8)13-9(7)10/h4-6H,3H2,1-2H3. The summed E-state index contributed by atoms with van der Waals surface area (Å²) in [6.07, 6.45) is 2.38. The van der Waals surface area contributed by atoms with Crippen LogP contribution >= 0.6 is 11.6 Å². The first kappa shape index (κ1) is 9.40. The average Bonchev–Trinajstić information content (AvgIpc) is 2.51. The second-order valence-electron chi connectivity index (χ2n) is 3.67. The Bertz CT molecular complexity index is 449. The van der Waals surface area contributed by atoms with Gasteiger partial charge in [-0.05, 0) is 24.0 Å². The van der Waals surface area contributed by atoms with E-state index >= 15 is 0 Å². The van der Waals surface area contributed by atoms with Crippen LogP contribution in [0.3, 0.4) is 0 Å². The Balaban J connectivity index is 2.48. The summed E-state index contributed by atoms with van der Waals surface area (Å²) in [5.74, 6) is 0.555. The zero-order chi connectivity index (χ0) is 10.1. The van der Waals surface area contributed by atoms with Gasteiger partial charge in [0, 0.05) is 0 Å². The molecule has 0 fully saturated rings. The van der Waals surface area contributed by atoms with Gasteiger partial charge in [-0.1, -0.05) is 25.4 Å². The minimum Gasteiger partial charge on any atom is -0.213 e. The molecule has 0 saturated carbocycles. The van der Waals surface area contributed by atoms with Crippen LogP contribution in [0.1, 0.15) is 19.4 Å². The lowest BCUT2D eigenvalue weighted by atomic mass is 10.1. The van der Waals surface area contributed by atoms with Crippen molar-refractivity contribution in [3.05, 3.63) is 23.1 Å². The number of rotatable bonds is 2. The molecule has 2 heterocycles. The molecular weight excluding hydrogens is 200 g/mol. The van der Waals surface area contributed by atoms with Gasteiger partial charge in [0.1, 0.15) is 6.33 Å². The largest absolute Gasteiger partial charge is 0.213 e. The SMILES string of the molecule is CC(C)Cc1cc2ncnn2nc1Cl. The van der Waals surface area contributed by atoms with Gasteiger partial charge < -0.3 is 0 Å². The van der Waals surface area contributed by atoms with E-state index in [1.54, 1.807) is 0 Å². The average molecular weight is 211 g/mol. The fourth-order valence-corrected chi connectivity index (χ4v) is 1.57. The molecule has 2 aromatic heterocycles. The van der Waals surface area contributed by atoms with E-state index < -0.39 is 0 Å². The molecule has 0 atom stereocenters. The van der Waals surface area contributed by atoms with Crippen molar-refractivity contribution in [2.75, 3.05) is 0 Å². The molecule has 2 aromatic rings. The van der Waals surface area contributed by atoms with Gasteiger partial charge in [0.15, 0.2) is 10.8 Å². The van der Waals surface area contributed by atoms with E-state index in [-0.39, 0.29) is 0 Å². The zero-order valence-electron chi connectivity index (χ0n) is 8.11. The highest BCUT2D eigenvalue weighted by molar-refractivity contribution is 6.30. The van der Waals surface area contributed by atoms with Crippen molar-refractivity contribution in [2.24, 2.45) is 5.92 Å². The van der Waals surface area contributed by atoms with E-state index in [1.807, 2.05) is 6.07 Å². The first-order chi connectivity index (χ1) is 6.66. The number of aromatic nitrogens is 4. The lowest BCUT2D eigenvalue weighted by Crippen LogP contribution is -2.01. The Labute approximate surface area is 86.9 Å². The van der Waals surface area contributed by atoms with Crippen LogP contribution in [0.5, 0.6) is 0 Å². The highest BCUT2D eigenvalue weighted by Gasteiger charge is 2.07. The predicted molar refractivity (Wildman–Crippen MR) is 54.3 cm³/mol. The molecule has 2 rings (SSSR count). The van der Waals surface area contributed by atoms with Gasteiger partial charge in [-0.3, -0.25) is 0 Å². The number of halogens is 1. The Hall–Kier alpha value is -1.16. The topological polar surface area (TPSA) is 43.1 Å². The molecule has 0 unspecified atom stereocenters. The van der Waals surface area contributed by atoms with Crippen LogP contribution in [0.2, 0.25) is 5.15 Å². The highest BCUT2D eigenvalue weighted by Crippen LogP contribution is 2.17. The van der Waals surface area contributed by atoms with E-state index in [0.717, 1.165) is 17.6 Å². The van der Waals surface area contributed by atoms with E-state index in [0.29, 0.717) is 11.1 Å². The van der Waals surface area contributed by atoms with Gasteiger partial charge in [-0.2, -0.15) is 0 Å². The maximum atomic E-state index is 6.00. The lowest BCUT2D eigenvalue weighted by Gasteiger charge is -2.05. The molecule has 14 heavy (non-hydrogen) atoms. The second kappa shape index (κ2) is 3.53. The minimum atomic E-state index is 0.511. The number of hydrogen-bond donors (Lipinski definition) is 0. The summed E-state index contributed by atoms with van der Waals surface area (Å²) in [7, 11) is 0. The summed E-state index contributed by atoms with van der Waals surface area (Å²) < 4.78 is 1.44. The summed E-state index contributed by atoms with van der Waals surface area (Å²) >= 11 is 6.00. The predicted octanol–water partition coefficient (Wildman–Crippen LogP) is 1.98. The maximum Gasteiger partial charge on any atom is 0.176 e. The van der Waals surface area contributed by atoms with Crippen LogP contribution in [-0.2, 0) is 6.42 Å². The number of nitrogens with zero attached hydrogens (tertiary/aromatic N) is 4. The van der Waals surface area contributed by atoms with Crippen molar-refractivity contribution in [3.63, 3.8) is 0 Å². The van der Waals surface area contributed by atoms with Crippen molar-refractivity contribution < 1.29 is 0 Å². The van der Waals surface area contributed by atoms with Crippen molar-refractivity contribution in [1.29, 1.82) is 0 Å². The molecule has 0 radical (unpaired) electrons. The zero-order valence-corrected chi connectivity index (χ0v) is 8.86. The van der Waals surface area contributed by atoms with E-state index in [4.69, 9.17) is 11.6 Å². The molecule has 0 spiro atoms. The summed E-state index contributed by atoms with van der Waals surface area (Å²) in [5, 5.41) is 8.52. The van der Waals surface area contributed by atoms with Crippen molar-refractivity contribution >= 4 is 17.2 Å². The molecule has 4 nitrogen and oxygen atoms in total. The molecule has 5 heteroatoms. The molecule has 74 valence electrons. The van der Waals surface area contributed by atoms with Gasteiger partial charge >= 0.3 is 0 Å². The molecule has 0 bridgehead atoms. The maximum absolute atomic E-state index is 6.00. The van der Waals surface area contributed by atoms with Gasteiger partial charge in [-0.25, -0.2) is 4.98 Å². The van der Waals surface area contributed by atoms with Crippen molar-refractivity contribution in [1.82, 2.24) is 19.8 Å². The Morgan fingerprint density at radius 1 is 1.50 bits per heavy atom. The third-order valence-electron chi connectivity index (χ3n) is 1.93. The van der Waals surface area contributed by atoms with E-state index in [9.17, 15) is 0 Å².